The number of nitrogens with one attached hydrogen (secondary N) is 1. The van der Waals surface area contributed by atoms with Crippen molar-refractivity contribution < 1.29 is 24.5 Å². The number of rotatable bonds is 4. The third-order valence-corrected chi connectivity index (χ3v) is 3.10. The number of methoxy groups -OCH3 is 1. The first-order chi connectivity index (χ1) is 9.04. The minimum atomic E-state index is -0.996. The highest BCUT2D eigenvalue weighted by Gasteiger charge is 2.32. The molecule has 0 aliphatic carbocycles. The maximum atomic E-state index is 11.9. The van der Waals surface area contributed by atoms with E-state index in [9.17, 15) is 15.0 Å². The fraction of sp³-hybridized carbons (Fsp3) is 0.462. The zero-order chi connectivity index (χ0) is 13.9. The molecule has 0 spiro atoms. The average Bonchev–Trinajstić information content (AvgIpc) is 2.83. The third-order valence-electron chi connectivity index (χ3n) is 3.10. The topological polar surface area (TPSA) is 88.0 Å². The molecule has 1 aliphatic rings. The van der Waals surface area contributed by atoms with E-state index in [1.807, 2.05) is 0 Å². The van der Waals surface area contributed by atoms with Crippen molar-refractivity contribution in [3.05, 3.63) is 23.8 Å². The molecule has 6 nitrogen and oxygen atoms in total. The van der Waals surface area contributed by atoms with Gasteiger partial charge in [0.15, 0.2) is 11.5 Å². The van der Waals surface area contributed by atoms with Crippen molar-refractivity contribution in [2.75, 3.05) is 26.9 Å². The van der Waals surface area contributed by atoms with Crippen LogP contribution >= 0.6 is 0 Å². The number of carbonyl (C=O) groups excluding carboxylic acids is 1. The zero-order valence-corrected chi connectivity index (χ0v) is 10.7. The predicted molar refractivity (Wildman–Crippen MR) is 67.4 cm³/mol. The van der Waals surface area contributed by atoms with Crippen LogP contribution in [0.3, 0.4) is 0 Å². The molecule has 19 heavy (non-hydrogen) atoms. The zero-order valence-electron chi connectivity index (χ0n) is 10.7. The van der Waals surface area contributed by atoms with Gasteiger partial charge in [-0.1, -0.05) is 0 Å². The molecule has 1 fully saturated rings. The van der Waals surface area contributed by atoms with Gasteiger partial charge in [-0.25, -0.2) is 0 Å². The lowest BCUT2D eigenvalue weighted by Gasteiger charge is -2.20. The number of carbonyl (C=O) groups is 1. The van der Waals surface area contributed by atoms with Crippen LogP contribution in [0.1, 0.15) is 16.8 Å². The van der Waals surface area contributed by atoms with Crippen LogP contribution < -0.4 is 10.1 Å². The molecule has 1 aromatic carbocycles. The van der Waals surface area contributed by atoms with E-state index in [1.165, 1.54) is 19.2 Å². The van der Waals surface area contributed by atoms with Gasteiger partial charge in [-0.2, -0.15) is 0 Å². The van der Waals surface area contributed by atoms with Crippen molar-refractivity contribution in [3.8, 4) is 11.5 Å². The van der Waals surface area contributed by atoms with E-state index in [4.69, 9.17) is 9.47 Å². The molecule has 2 rings (SSSR count). The Hall–Kier alpha value is -1.79. The number of hydrogen-bond acceptors (Lipinski definition) is 5. The van der Waals surface area contributed by atoms with Crippen molar-refractivity contribution in [2.45, 2.75) is 12.0 Å². The Bertz CT molecular complexity index is 468. The fourth-order valence-corrected chi connectivity index (χ4v) is 1.91. The number of amides is 1. The summed E-state index contributed by atoms with van der Waals surface area (Å²) in [7, 11) is 1.43. The monoisotopic (exact) mass is 267 g/mol. The summed E-state index contributed by atoms with van der Waals surface area (Å²) in [5, 5.41) is 22.2. The van der Waals surface area contributed by atoms with Crippen molar-refractivity contribution in [1.82, 2.24) is 5.32 Å². The van der Waals surface area contributed by atoms with E-state index in [-0.39, 0.29) is 24.8 Å². The van der Waals surface area contributed by atoms with Gasteiger partial charge in [0.25, 0.3) is 5.91 Å². The lowest BCUT2D eigenvalue weighted by Crippen LogP contribution is -2.43. The maximum Gasteiger partial charge on any atom is 0.251 e. The number of benzene rings is 1. The summed E-state index contributed by atoms with van der Waals surface area (Å²) < 4.78 is 9.99. The van der Waals surface area contributed by atoms with Crippen LogP contribution in [-0.2, 0) is 4.74 Å². The highest BCUT2D eigenvalue weighted by molar-refractivity contribution is 5.94. The Balaban J connectivity index is 1.98. The standard InChI is InChI=1S/C13H17NO5/c1-18-11-3-2-9(6-10(11)15)12(16)14-7-13(17)4-5-19-8-13/h2-3,6,15,17H,4-5,7-8H2,1H3,(H,14,16). The Morgan fingerprint density at radius 2 is 2.37 bits per heavy atom. The molecule has 3 N–H and O–H groups in total. The molecule has 1 atom stereocenters. The molecule has 0 bridgehead atoms. The molecule has 1 aromatic rings. The van der Waals surface area contributed by atoms with Crippen LogP contribution in [0.25, 0.3) is 0 Å². The van der Waals surface area contributed by atoms with E-state index < -0.39 is 5.60 Å². The molecule has 0 aromatic heterocycles. The minimum absolute atomic E-state index is 0.0990. The largest absolute Gasteiger partial charge is 0.504 e. The lowest BCUT2D eigenvalue weighted by atomic mass is 10.0. The predicted octanol–water partition coefficient (Wildman–Crippen LogP) is 0.282. The van der Waals surface area contributed by atoms with Crippen molar-refractivity contribution in [1.29, 1.82) is 0 Å². The number of phenolic OH excluding ortho intramolecular Hbond substituents is 1. The molecule has 0 radical (unpaired) electrons. The maximum absolute atomic E-state index is 11.9. The van der Waals surface area contributed by atoms with Crippen LogP contribution in [0.4, 0.5) is 0 Å². The number of aromatic hydroxyl groups is 1. The number of hydrogen-bond donors (Lipinski definition) is 3. The number of phenols is 1. The van der Waals surface area contributed by atoms with Gasteiger partial charge in [0, 0.05) is 25.1 Å². The summed E-state index contributed by atoms with van der Waals surface area (Å²) in [5.41, 5.74) is -0.690. The highest BCUT2D eigenvalue weighted by Crippen LogP contribution is 2.26. The van der Waals surface area contributed by atoms with E-state index in [0.29, 0.717) is 24.3 Å². The Morgan fingerprint density at radius 1 is 1.58 bits per heavy atom. The van der Waals surface area contributed by atoms with Gasteiger partial charge in [0.05, 0.1) is 13.7 Å². The Kier molecular flexibility index (Phi) is 3.92. The molecule has 6 heteroatoms. The average molecular weight is 267 g/mol. The first-order valence-electron chi connectivity index (χ1n) is 5.99. The molecular weight excluding hydrogens is 250 g/mol. The molecule has 1 saturated heterocycles. The van der Waals surface area contributed by atoms with E-state index in [0.717, 1.165) is 0 Å². The minimum Gasteiger partial charge on any atom is -0.504 e. The van der Waals surface area contributed by atoms with Crippen LogP contribution in [0.15, 0.2) is 18.2 Å². The molecule has 1 heterocycles. The summed E-state index contributed by atoms with van der Waals surface area (Å²) in [6.07, 6.45) is 0.501. The van der Waals surface area contributed by atoms with Gasteiger partial charge in [-0.3, -0.25) is 4.79 Å². The van der Waals surface area contributed by atoms with Crippen LogP contribution in [0, 0.1) is 0 Å². The van der Waals surface area contributed by atoms with Gasteiger partial charge in [0.2, 0.25) is 0 Å². The van der Waals surface area contributed by atoms with Crippen LogP contribution in [0.2, 0.25) is 0 Å². The normalized spacial score (nSPS) is 22.2. The third kappa shape index (κ3) is 3.15. The fourth-order valence-electron chi connectivity index (χ4n) is 1.91. The second-order valence-electron chi connectivity index (χ2n) is 4.60. The van der Waals surface area contributed by atoms with Gasteiger partial charge in [-0.05, 0) is 18.2 Å². The first-order valence-corrected chi connectivity index (χ1v) is 5.99. The van der Waals surface area contributed by atoms with Gasteiger partial charge >= 0.3 is 0 Å². The van der Waals surface area contributed by atoms with Crippen LogP contribution in [0.5, 0.6) is 11.5 Å². The first kappa shape index (κ1) is 13.6. The Labute approximate surface area is 111 Å². The molecule has 1 unspecified atom stereocenters. The molecule has 104 valence electrons. The summed E-state index contributed by atoms with van der Waals surface area (Å²) in [5.74, 6) is -0.157. The summed E-state index contributed by atoms with van der Waals surface area (Å²) in [4.78, 5) is 11.9. The number of aliphatic hydroxyl groups is 1. The quantitative estimate of drug-likeness (QED) is 0.729. The van der Waals surface area contributed by atoms with E-state index in [2.05, 4.69) is 5.32 Å². The molecule has 1 aliphatic heterocycles. The summed E-state index contributed by atoms with van der Waals surface area (Å²) in [6.45, 7) is 0.843. The lowest BCUT2D eigenvalue weighted by molar-refractivity contribution is 0.0264. The molecule has 0 saturated carbocycles. The number of ether oxygens (including phenoxy) is 2. The Morgan fingerprint density at radius 3 is 2.95 bits per heavy atom. The SMILES string of the molecule is COc1ccc(C(=O)NCC2(O)CCOC2)cc1O. The second kappa shape index (κ2) is 5.46. The van der Waals surface area contributed by atoms with E-state index in [1.54, 1.807) is 6.07 Å². The smallest absolute Gasteiger partial charge is 0.251 e. The van der Waals surface area contributed by atoms with Crippen molar-refractivity contribution >= 4 is 5.91 Å². The molecular formula is C13H17NO5. The molecule has 1 amide bonds. The highest BCUT2D eigenvalue weighted by atomic mass is 16.5. The van der Waals surface area contributed by atoms with Gasteiger partial charge in [0.1, 0.15) is 5.60 Å². The van der Waals surface area contributed by atoms with Gasteiger partial charge < -0.3 is 25.0 Å². The summed E-state index contributed by atoms with van der Waals surface area (Å²) >= 11 is 0. The second-order valence-corrected chi connectivity index (χ2v) is 4.60. The van der Waals surface area contributed by atoms with E-state index >= 15 is 0 Å². The summed E-state index contributed by atoms with van der Waals surface area (Å²) in [6, 6.07) is 4.38. The van der Waals surface area contributed by atoms with Gasteiger partial charge in [-0.15, -0.1) is 0 Å². The van der Waals surface area contributed by atoms with Crippen molar-refractivity contribution in [3.63, 3.8) is 0 Å². The van der Waals surface area contributed by atoms with Crippen LogP contribution in [-0.4, -0.2) is 48.6 Å². The van der Waals surface area contributed by atoms with Crippen molar-refractivity contribution in [2.24, 2.45) is 0 Å².